The Morgan fingerprint density at radius 1 is 1.19 bits per heavy atom. The molecule has 0 aliphatic carbocycles. The lowest BCUT2D eigenvalue weighted by Gasteiger charge is -2.26. The molecular formula is C19H27N3O4S. The Kier molecular flexibility index (Phi) is 6.78. The lowest BCUT2D eigenvalue weighted by molar-refractivity contribution is -0.116. The Morgan fingerprint density at radius 2 is 1.78 bits per heavy atom. The number of aromatic nitrogens is 1. The van der Waals surface area contributed by atoms with Gasteiger partial charge in [0.05, 0.1) is 5.69 Å². The second kappa shape index (κ2) is 8.67. The lowest BCUT2D eigenvalue weighted by Crippen LogP contribution is -2.38. The number of hydrogen-bond donors (Lipinski definition) is 1. The average Bonchev–Trinajstić information content (AvgIpc) is 2.97. The zero-order valence-electron chi connectivity index (χ0n) is 16.5. The number of nitrogens with one attached hydrogen (secondary N) is 1. The molecule has 1 heterocycles. The van der Waals surface area contributed by atoms with Gasteiger partial charge in [-0.2, -0.15) is 0 Å². The zero-order chi connectivity index (χ0) is 20.2. The van der Waals surface area contributed by atoms with Crippen LogP contribution in [-0.4, -0.2) is 32.6 Å². The first-order valence-corrected chi connectivity index (χ1v) is 10.5. The first-order chi connectivity index (χ1) is 12.7. The largest absolute Gasteiger partial charge is 0.360 e. The van der Waals surface area contributed by atoms with E-state index in [4.69, 9.17) is 4.52 Å². The van der Waals surface area contributed by atoms with E-state index in [0.717, 1.165) is 29.7 Å². The molecule has 0 atom stereocenters. The summed E-state index contributed by atoms with van der Waals surface area (Å²) >= 11 is 0. The first-order valence-electron chi connectivity index (χ1n) is 9.04. The first kappa shape index (κ1) is 21.1. The molecule has 1 amide bonds. The maximum Gasteiger partial charge on any atom is 0.246 e. The van der Waals surface area contributed by atoms with Gasteiger partial charge in [0.15, 0.2) is 5.76 Å². The molecule has 0 saturated carbocycles. The summed E-state index contributed by atoms with van der Waals surface area (Å²) < 4.78 is 32.6. The highest BCUT2D eigenvalue weighted by Crippen LogP contribution is 2.27. The molecule has 0 radical (unpaired) electrons. The van der Waals surface area contributed by atoms with Crippen LogP contribution in [0.4, 0.5) is 5.69 Å². The highest BCUT2D eigenvalue weighted by atomic mass is 32.2. The van der Waals surface area contributed by atoms with Crippen LogP contribution in [0.5, 0.6) is 0 Å². The van der Waals surface area contributed by atoms with Crippen molar-refractivity contribution in [3.05, 3.63) is 40.8 Å². The van der Waals surface area contributed by atoms with Crippen molar-refractivity contribution in [2.45, 2.75) is 52.4 Å². The van der Waals surface area contributed by atoms with E-state index in [2.05, 4.69) is 9.88 Å². The Balaban J connectivity index is 2.23. The minimum Gasteiger partial charge on any atom is -0.360 e. The third-order valence-corrected chi connectivity index (χ3v) is 6.18. The molecule has 148 valence electrons. The highest BCUT2D eigenvalue weighted by molar-refractivity contribution is 7.89. The summed E-state index contributed by atoms with van der Waals surface area (Å²) in [6.07, 6.45) is 1.58. The topological polar surface area (TPSA) is 92.5 Å². The van der Waals surface area contributed by atoms with Gasteiger partial charge >= 0.3 is 0 Å². The molecule has 0 bridgehead atoms. The van der Waals surface area contributed by atoms with Gasteiger partial charge in [0, 0.05) is 20.0 Å². The molecule has 0 spiro atoms. The smallest absolute Gasteiger partial charge is 0.246 e. The van der Waals surface area contributed by atoms with E-state index in [0.29, 0.717) is 5.69 Å². The summed E-state index contributed by atoms with van der Waals surface area (Å²) in [5.74, 6) is 0.121. The van der Waals surface area contributed by atoms with Crippen molar-refractivity contribution in [3.8, 4) is 0 Å². The molecule has 0 aliphatic heterocycles. The number of carbonyl (C=O) groups is 1. The molecule has 1 aromatic carbocycles. The van der Waals surface area contributed by atoms with Crippen LogP contribution in [0, 0.1) is 13.8 Å². The van der Waals surface area contributed by atoms with Gasteiger partial charge in [0.2, 0.25) is 15.9 Å². The molecular weight excluding hydrogens is 366 g/mol. The van der Waals surface area contributed by atoms with Crippen molar-refractivity contribution >= 4 is 21.6 Å². The van der Waals surface area contributed by atoms with Gasteiger partial charge in [0.1, 0.15) is 10.6 Å². The molecule has 2 aromatic rings. The summed E-state index contributed by atoms with van der Waals surface area (Å²) in [5.41, 5.74) is 3.33. The minimum absolute atomic E-state index is 0.0556. The van der Waals surface area contributed by atoms with Crippen molar-refractivity contribution in [2.75, 3.05) is 18.0 Å². The van der Waals surface area contributed by atoms with Crippen LogP contribution in [-0.2, 0) is 27.7 Å². The van der Waals surface area contributed by atoms with Crippen LogP contribution < -0.4 is 9.62 Å². The van der Waals surface area contributed by atoms with E-state index in [1.807, 2.05) is 32.0 Å². The summed E-state index contributed by atoms with van der Waals surface area (Å²) in [5, 5.41) is 3.69. The second-order valence-corrected chi connectivity index (χ2v) is 8.06. The molecule has 7 nitrogen and oxygen atoms in total. The van der Waals surface area contributed by atoms with Crippen LogP contribution in [0.1, 0.15) is 43.4 Å². The summed E-state index contributed by atoms with van der Waals surface area (Å²) in [7, 11) is -3.76. The van der Waals surface area contributed by atoms with Gasteiger partial charge in [-0.1, -0.05) is 37.2 Å². The number of nitrogens with zero attached hydrogens (tertiary/aromatic N) is 2. The van der Waals surface area contributed by atoms with Gasteiger partial charge in [-0.25, -0.2) is 13.1 Å². The molecule has 8 heteroatoms. The van der Waals surface area contributed by atoms with Crippen LogP contribution >= 0.6 is 0 Å². The van der Waals surface area contributed by atoms with Crippen molar-refractivity contribution in [1.82, 2.24) is 9.88 Å². The molecule has 0 fully saturated rings. The van der Waals surface area contributed by atoms with E-state index in [-0.39, 0.29) is 29.7 Å². The Bertz CT molecular complexity index is 877. The second-order valence-electron chi connectivity index (χ2n) is 6.35. The summed E-state index contributed by atoms with van der Waals surface area (Å²) in [6, 6.07) is 5.98. The summed E-state index contributed by atoms with van der Waals surface area (Å²) in [6.45, 7) is 9.04. The van der Waals surface area contributed by atoms with Crippen molar-refractivity contribution in [3.63, 3.8) is 0 Å². The zero-order valence-corrected chi connectivity index (χ0v) is 17.3. The maximum atomic E-state index is 12.6. The van der Waals surface area contributed by atoms with Gasteiger partial charge in [-0.15, -0.1) is 0 Å². The SMILES string of the molecule is CCc1cccc(CC)c1N(CCNS(=O)(=O)c1c(C)noc1C)C(C)=O. The van der Waals surface area contributed by atoms with E-state index < -0.39 is 10.0 Å². The number of hydrogen-bond acceptors (Lipinski definition) is 5. The average molecular weight is 394 g/mol. The number of anilines is 1. The van der Waals surface area contributed by atoms with E-state index in [1.165, 1.54) is 6.92 Å². The fraction of sp³-hybridized carbons (Fsp3) is 0.474. The summed E-state index contributed by atoms with van der Waals surface area (Å²) in [4.78, 5) is 14.0. The molecule has 27 heavy (non-hydrogen) atoms. The lowest BCUT2D eigenvalue weighted by atomic mass is 10.0. The van der Waals surface area contributed by atoms with Crippen LogP contribution in [0.3, 0.4) is 0 Å². The molecule has 0 saturated heterocycles. The Morgan fingerprint density at radius 3 is 2.22 bits per heavy atom. The highest BCUT2D eigenvalue weighted by Gasteiger charge is 2.25. The van der Waals surface area contributed by atoms with Gasteiger partial charge in [-0.3, -0.25) is 4.79 Å². The third kappa shape index (κ3) is 4.56. The van der Waals surface area contributed by atoms with Gasteiger partial charge < -0.3 is 9.42 Å². The van der Waals surface area contributed by atoms with Crippen LogP contribution in [0.15, 0.2) is 27.6 Å². The Hall–Kier alpha value is -2.19. The number of sulfonamides is 1. The number of aryl methyl sites for hydroxylation is 4. The molecule has 0 unspecified atom stereocenters. The van der Waals surface area contributed by atoms with E-state index >= 15 is 0 Å². The fourth-order valence-corrected chi connectivity index (χ4v) is 4.56. The molecule has 1 N–H and O–H groups in total. The van der Waals surface area contributed by atoms with Gasteiger partial charge in [-0.05, 0) is 37.8 Å². The number of benzene rings is 1. The maximum absolute atomic E-state index is 12.6. The number of amides is 1. The Labute approximate surface area is 160 Å². The predicted octanol–water partition coefficient (Wildman–Crippen LogP) is 2.75. The standard InChI is InChI=1S/C19H27N3O4S/c1-6-16-9-8-10-17(7-2)18(16)22(15(5)23)12-11-20-27(24,25)19-13(3)21-26-14(19)4/h8-10,20H,6-7,11-12H2,1-5H3. The monoisotopic (exact) mass is 393 g/mol. The number of rotatable bonds is 8. The molecule has 0 aliphatic rings. The van der Waals surface area contributed by atoms with Crippen LogP contribution in [0.25, 0.3) is 0 Å². The van der Waals surface area contributed by atoms with Gasteiger partial charge in [0.25, 0.3) is 0 Å². The number of carbonyl (C=O) groups excluding carboxylic acids is 1. The van der Waals surface area contributed by atoms with E-state index in [1.54, 1.807) is 18.7 Å². The third-order valence-electron chi connectivity index (χ3n) is 4.48. The van der Waals surface area contributed by atoms with E-state index in [9.17, 15) is 13.2 Å². The minimum atomic E-state index is -3.76. The predicted molar refractivity (Wildman–Crippen MR) is 104 cm³/mol. The fourth-order valence-electron chi connectivity index (χ4n) is 3.21. The van der Waals surface area contributed by atoms with Crippen molar-refractivity contribution < 1.29 is 17.7 Å². The van der Waals surface area contributed by atoms with Crippen molar-refractivity contribution in [1.29, 1.82) is 0 Å². The normalized spacial score (nSPS) is 11.6. The number of para-hydroxylation sites is 1. The van der Waals surface area contributed by atoms with Crippen LogP contribution in [0.2, 0.25) is 0 Å². The quantitative estimate of drug-likeness (QED) is 0.744. The van der Waals surface area contributed by atoms with Crippen molar-refractivity contribution in [2.24, 2.45) is 0 Å². The molecule has 2 rings (SSSR count). The molecule has 1 aromatic heterocycles.